The van der Waals surface area contributed by atoms with Crippen LogP contribution < -0.4 is 5.73 Å². The third-order valence-corrected chi connectivity index (χ3v) is 4.74. The standard InChI is InChI=1S/C13H12N4OS/c1-6-11(17-18-16-6)12-10(14)8-5-7-3-2-4-9(7)15-13(8)19-12/h5H,2-4,14H2,1H3. The molecule has 3 heterocycles. The molecule has 0 saturated carbocycles. The number of aryl methyl sites for hydroxylation is 3. The van der Waals surface area contributed by atoms with Gasteiger partial charge < -0.3 is 5.73 Å². The van der Waals surface area contributed by atoms with Crippen LogP contribution in [0.25, 0.3) is 20.8 Å². The van der Waals surface area contributed by atoms with E-state index in [-0.39, 0.29) is 0 Å². The van der Waals surface area contributed by atoms with Crippen molar-refractivity contribution in [3.05, 3.63) is 23.0 Å². The van der Waals surface area contributed by atoms with Gasteiger partial charge in [0.2, 0.25) is 0 Å². The Hall–Kier alpha value is -1.95. The van der Waals surface area contributed by atoms with E-state index in [1.165, 1.54) is 17.7 Å². The molecule has 1 aliphatic rings. The highest BCUT2D eigenvalue weighted by Crippen LogP contribution is 2.41. The van der Waals surface area contributed by atoms with Gasteiger partial charge in [0.25, 0.3) is 0 Å². The van der Waals surface area contributed by atoms with E-state index in [9.17, 15) is 0 Å². The third-order valence-electron chi connectivity index (χ3n) is 3.62. The van der Waals surface area contributed by atoms with E-state index in [1.807, 2.05) is 6.92 Å². The largest absolute Gasteiger partial charge is 0.397 e. The highest BCUT2D eigenvalue weighted by atomic mass is 32.1. The minimum atomic E-state index is 0.723. The van der Waals surface area contributed by atoms with E-state index in [2.05, 4.69) is 16.4 Å². The topological polar surface area (TPSA) is 77.8 Å². The zero-order valence-electron chi connectivity index (χ0n) is 10.4. The van der Waals surface area contributed by atoms with E-state index >= 15 is 0 Å². The Morgan fingerprint density at radius 3 is 3.00 bits per heavy atom. The number of hydrogen-bond donors (Lipinski definition) is 1. The van der Waals surface area contributed by atoms with Crippen molar-refractivity contribution in [3.63, 3.8) is 0 Å². The second-order valence-electron chi connectivity index (χ2n) is 4.84. The summed E-state index contributed by atoms with van der Waals surface area (Å²) < 4.78 is 4.76. The minimum absolute atomic E-state index is 0.723. The maximum Gasteiger partial charge on any atom is 0.150 e. The lowest BCUT2D eigenvalue weighted by molar-refractivity contribution is 0.306. The van der Waals surface area contributed by atoms with Gasteiger partial charge in [-0.25, -0.2) is 9.61 Å². The molecule has 0 spiro atoms. The highest BCUT2D eigenvalue weighted by molar-refractivity contribution is 7.22. The normalized spacial score (nSPS) is 14.2. The van der Waals surface area contributed by atoms with Crippen molar-refractivity contribution in [2.24, 2.45) is 0 Å². The molecule has 2 N–H and O–H groups in total. The Morgan fingerprint density at radius 2 is 2.21 bits per heavy atom. The van der Waals surface area contributed by atoms with Crippen molar-refractivity contribution in [2.75, 3.05) is 5.73 Å². The van der Waals surface area contributed by atoms with Gasteiger partial charge in [0.1, 0.15) is 16.2 Å². The molecule has 0 bridgehead atoms. The lowest BCUT2D eigenvalue weighted by atomic mass is 10.1. The van der Waals surface area contributed by atoms with Gasteiger partial charge in [-0.1, -0.05) is 5.16 Å². The Bertz CT molecular complexity index is 789. The zero-order valence-corrected chi connectivity index (χ0v) is 11.3. The van der Waals surface area contributed by atoms with Crippen LogP contribution in [0.2, 0.25) is 0 Å². The van der Waals surface area contributed by atoms with Gasteiger partial charge in [0, 0.05) is 11.1 Å². The summed E-state index contributed by atoms with van der Waals surface area (Å²) in [4.78, 5) is 6.63. The number of pyridine rings is 1. The minimum Gasteiger partial charge on any atom is -0.397 e. The molecule has 4 rings (SSSR count). The van der Waals surface area contributed by atoms with Crippen LogP contribution in [0.1, 0.15) is 23.4 Å². The molecule has 0 atom stereocenters. The zero-order chi connectivity index (χ0) is 13.0. The molecule has 1 aliphatic carbocycles. The molecule has 0 saturated heterocycles. The fourth-order valence-electron chi connectivity index (χ4n) is 2.61. The molecule has 0 amide bonds. The van der Waals surface area contributed by atoms with Crippen LogP contribution >= 0.6 is 11.3 Å². The molecule has 19 heavy (non-hydrogen) atoms. The van der Waals surface area contributed by atoms with Crippen molar-refractivity contribution in [2.45, 2.75) is 26.2 Å². The molecule has 5 nitrogen and oxygen atoms in total. The molecule has 0 aromatic carbocycles. The summed E-state index contributed by atoms with van der Waals surface area (Å²) in [7, 11) is 0. The van der Waals surface area contributed by atoms with E-state index in [0.29, 0.717) is 0 Å². The van der Waals surface area contributed by atoms with Crippen molar-refractivity contribution in [1.82, 2.24) is 15.3 Å². The maximum atomic E-state index is 6.25. The number of nitrogen functional groups attached to an aromatic ring is 1. The molecule has 6 heteroatoms. The smallest absolute Gasteiger partial charge is 0.150 e. The molecule has 0 aliphatic heterocycles. The van der Waals surface area contributed by atoms with E-state index in [0.717, 1.165) is 45.0 Å². The number of rotatable bonds is 1. The number of thiophene rings is 1. The molecule has 0 radical (unpaired) electrons. The average molecular weight is 272 g/mol. The van der Waals surface area contributed by atoms with Crippen molar-refractivity contribution in [3.8, 4) is 10.6 Å². The van der Waals surface area contributed by atoms with Crippen molar-refractivity contribution < 1.29 is 4.63 Å². The number of aromatic nitrogens is 3. The maximum absolute atomic E-state index is 6.25. The van der Waals surface area contributed by atoms with E-state index < -0.39 is 0 Å². The summed E-state index contributed by atoms with van der Waals surface area (Å²) in [5.74, 6) is 0. The van der Waals surface area contributed by atoms with Crippen LogP contribution in [0.5, 0.6) is 0 Å². The average Bonchev–Trinajstić information content (AvgIpc) is 3.07. The Morgan fingerprint density at radius 1 is 1.32 bits per heavy atom. The van der Waals surface area contributed by atoms with Gasteiger partial charge in [-0.3, -0.25) is 0 Å². The Kier molecular flexibility index (Phi) is 2.17. The molecule has 3 aromatic heterocycles. The molecular weight excluding hydrogens is 260 g/mol. The van der Waals surface area contributed by atoms with Crippen LogP contribution in [-0.4, -0.2) is 15.3 Å². The van der Waals surface area contributed by atoms with Crippen LogP contribution in [0.15, 0.2) is 10.7 Å². The summed E-state index contributed by atoms with van der Waals surface area (Å²) in [5.41, 5.74) is 11.0. The molecular formula is C13H12N4OS. The number of nitrogens with zero attached hydrogens (tertiary/aromatic N) is 3. The summed E-state index contributed by atoms with van der Waals surface area (Å²) >= 11 is 1.56. The first-order valence-corrected chi connectivity index (χ1v) is 7.06. The van der Waals surface area contributed by atoms with Crippen molar-refractivity contribution >= 4 is 27.2 Å². The van der Waals surface area contributed by atoms with Gasteiger partial charge in [-0.15, -0.1) is 11.3 Å². The highest BCUT2D eigenvalue weighted by Gasteiger charge is 2.21. The summed E-state index contributed by atoms with van der Waals surface area (Å²) in [5, 5.41) is 8.78. The van der Waals surface area contributed by atoms with E-state index in [4.69, 9.17) is 15.3 Å². The molecule has 0 fully saturated rings. The van der Waals surface area contributed by atoms with Crippen LogP contribution in [0, 0.1) is 6.92 Å². The van der Waals surface area contributed by atoms with Crippen molar-refractivity contribution in [1.29, 1.82) is 0 Å². The quantitative estimate of drug-likeness (QED) is 0.737. The second kappa shape index (κ2) is 3.77. The summed E-state index contributed by atoms with van der Waals surface area (Å²) in [6.07, 6.45) is 3.37. The summed E-state index contributed by atoms with van der Waals surface area (Å²) in [6.45, 7) is 1.86. The van der Waals surface area contributed by atoms with Crippen LogP contribution in [0.4, 0.5) is 5.69 Å². The third kappa shape index (κ3) is 1.49. The number of nitrogens with two attached hydrogens (primary N) is 1. The first-order chi connectivity index (χ1) is 9.24. The van der Waals surface area contributed by atoms with Crippen LogP contribution in [-0.2, 0) is 12.8 Å². The first kappa shape index (κ1) is 10.9. The fourth-order valence-corrected chi connectivity index (χ4v) is 3.74. The summed E-state index contributed by atoms with van der Waals surface area (Å²) in [6, 6.07) is 2.18. The van der Waals surface area contributed by atoms with Gasteiger partial charge in [-0.2, -0.15) is 0 Å². The monoisotopic (exact) mass is 272 g/mol. The SMILES string of the molecule is Cc1nonc1-c1sc2nc3c(cc2c1N)CCC3. The Labute approximate surface area is 113 Å². The molecule has 3 aromatic rings. The number of hydrogen-bond acceptors (Lipinski definition) is 6. The first-order valence-electron chi connectivity index (χ1n) is 6.24. The van der Waals surface area contributed by atoms with Gasteiger partial charge in [0.15, 0.2) is 0 Å². The van der Waals surface area contributed by atoms with E-state index in [1.54, 1.807) is 11.3 Å². The number of anilines is 1. The lowest BCUT2D eigenvalue weighted by Crippen LogP contribution is -1.90. The van der Waals surface area contributed by atoms with Gasteiger partial charge in [0.05, 0.1) is 10.6 Å². The predicted molar refractivity (Wildman–Crippen MR) is 74.1 cm³/mol. The van der Waals surface area contributed by atoms with Gasteiger partial charge in [-0.05, 0) is 43.0 Å². The fraction of sp³-hybridized carbons (Fsp3) is 0.308. The van der Waals surface area contributed by atoms with Gasteiger partial charge >= 0.3 is 0 Å². The lowest BCUT2D eigenvalue weighted by Gasteiger charge is -1.98. The van der Waals surface area contributed by atoms with Crippen LogP contribution in [0.3, 0.4) is 0 Å². The second-order valence-corrected chi connectivity index (χ2v) is 5.84. The Balaban J connectivity index is 2.00. The number of fused-ring (bicyclic) bond motifs is 2. The molecule has 96 valence electrons. The molecule has 0 unspecified atom stereocenters. The predicted octanol–water partition coefficient (Wildman–Crippen LogP) is 2.73.